The Morgan fingerprint density at radius 2 is 2.05 bits per heavy atom. The Hall–Kier alpha value is -2.63. The van der Waals surface area contributed by atoms with E-state index >= 15 is 0 Å². The molecule has 110 valence electrons. The summed E-state index contributed by atoms with van der Waals surface area (Å²) in [5.41, 5.74) is 0.641. The molecule has 21 heavy (non-hydrogen) atoms. The number of rotatable bonds is 4. The van der Waals surface area contributed by atoms with E-state index in [0.717, 1.165) is 10.9 Å². The van der Waals surface area contributed by atoms with Crippen molar-refractivity contribution in [1.82, 2.24) is 10.3 Å². The fraction of sp³-hybridized carbons (Fsp3) is 0.267. The van der Waals surface area contributed by atoms with E-state index in [2.05, 4.69) is 15.6 Å². The molecule has 0 bridgehead atoms. The van der Waals surface area contributed by atoms with Gasteiger partial charge in [0.25, 0.3) is 0 Å². The predicted molar refractivity (Wildman–Crippen MR) is 80.2 cm³/mol. The summed E-state index contributed by atoms with van der Waals surface area (Å²) in [4.78, 5) is 26.8. The first-order valence-electron chi connectivity index (χ1n) is 6.51. The fourth-order valence-electron chi connectivity index (χ4n) is 2.05. The van der Waals surface area contributed by atoms with Gasteiger partial charge in [-0.15, -0.1) is 0 Å². The molecular formula is C15H17N3O3. The van der Waals surface area contributed by atoms with Gasteiger partial charge in [0.15, 0.2) is 0 Å². The second kappa shape index (κ2) is 5.78. The molecule has 0 fully saturated rings. The average Bonchev–Trinajstić information content (AvgIpc) is 2.36. The first-order chi connectivity index (χ1) is 9.85. The lowest BCUT2D eigenvalue weighted by atomic mass is 10.0. The summed E-state index contributed by atoms with van der Waals surface area (Å²) in [5.74, 6) is -0.961. The summed E-state index contributed by atoms with van der Waals surface area (Å²) in [6, 6.07) is 8.66. The van der Waals surface area contributed by atoms with Crippen LogP contribution in [0.1, 0.15) is 20.3 Å². The van der Waals surface area contributed by atoms with Gasteiger partial charge in [-0.2, -0.15) is 0 Å². The number of carbonyl (C=O) groups is 2. The Morgan fingerprint density at radius 3 is 2.76 bits per heavy atom. The SMILES string of the molecule is CC(C)(CC(=O)O)NC(=O)Nc1ccc2ncccc2c1. The van der Waals surface area contributed by atoms with E-state index in [9.17, 15) is 9.59 Å². The van der Waals surface area contributed by atoms with Crippen molar-refractivity contribution in [2.75, 3.05) is 5.32 Å². The lowest BCUT2D eigenvalue weighted by molar-refractivity contribution is -0.138. The molecule has 1 aromatic heterocycles. The number of aromatic nitrogens is 1. The van der Waals surface area contributed by atoms with Crippen molar-refractivity contribution in [3.8, 4) is 0 Å². The lowest BCUT2D eigenvalue weighted by Gasteiger charge is -2.24. The molecule has 2 rings (SSSR count). The van der Waals surface area contributed by atoms with Gasteiger partial charge >= 0.3 is 12.0 Å². The molecule has 2 amide bonds. The maximum Gasteiger partial charge on any atom is 0.319 e. The number of pyridine rings is 1. The van der Waals surface area contributed by atoms with E-state index in [4.69, 9.17) is 5.11 Å². The van der Waals surface area contributed by atoms with Crippen molar-refractivity contribution in [2.45, 2.75) is 25.8 Å². The summed E-state index contributed by atoms with van der Waals surface area (Å²) < 4.78 is 0. The molecule has 1 heterocycles. The van der Waals surface area contributed by atoms with Gasteiger partial charge in [-0.3, -0.25) is 9.78 Å². The minimum Gasteiger partial charge on any atom is -0.481 e. The van der Waals surface area contributed by atoms with Crippen LogP contribution in [0, 0.1) is 0 Å². The van der Waals surface area contributed by atoms with E-state index in [-0.39, 0.29) is 6.42 Å². The van der Waals surface area contributed by atoms with Gasteiger partial charge in [0.05, 0.1) is 11.9 Å². The highest BCUT2D eigenvalue weighted by Crippen LogP contribution is 2.17. The van der Waals surface area contributed by atoms with Crippen LogP contribution in [0.5, 0.6) is 0 Å². The van der Waals surface area contributed by atoms with Gasteiger partial charge < -0.3 is 15.7 Å². The van der Waals surface area contributed by atoms with Crippen LogP contribution in [-0.4, -0.2) is 27.6 Å². The first kappa shape index (κ1) is 14.8. The smallest absolute Gasteiger partial charge is 0.319 e. The second-order valence-electron chi connectivity index (χ2n) is 5.44. The second-order valence-corrected chi connectivity index (χ2v) is 5.44. The van der Waals surface area contributed by atoms with Crippen molar-refractivity contribution in [2.24, 2.45) is 0 Å². The number of hydrogen-bond acceptors (Lipinski definition) is 3. The Morgan fingerprint density at radius 1 is 1.29 bits per heavy atom. The minimum absolute atomic E-state index is 0.151. The Balaban J connectivity index is 2.06. The van der Waals surface area contributed by atoms with Crippen LogP contribution in [0.3, 0.4) is 0 Å². The number of benzene rings is 1. The summed E-state index contributed by atoms with van der Waals surface area (Å²) in [7, 11) is 0. The summed E-state index contributed by atoms with van der Waals surface area (Å²) >= 11 is 0. The standard InChI is InChI=1S/C15H17N3O3/c1-15(2,9-13(19)20)18-14(21)17-11-5-6-12-10(8-11)4-3-7-16-12/h3-8H,9H2,1-2H3,(H,19,20)(H2,17,18,21). The van der Waals surface area contributed by atoms with Gasteiger partial charge in [-0.1, -0.05) is 6.07 Å². The summed E-state index contributed by atoms with van der Waals surface area (Å²) in [5, 5.41) is 15.0. The van der Waals surface area contributed by atoms with Crippen molar-refractivity contribution in [3.63, 3.8) is 0 Å². The number of fused-ring (bicyclic) bond motifs is 1. The molecule has 6 nitrogen and oxygen atoms in total. The largest absolute Gasteiger partial charge is 0.481 e. The number of aliphatic carboxylic acids is 1. The molecule has 0 aliphatic rings. The molecule has 0 unspecified atom stereocenters. The third kappa shape index (κ3) is 4.17. The molecule has 0 radical (unpaired) electrons. The van der Waals surface area contributed by atoms with Crippen LogP contribution < -0.4 is 10.6 Å². The third-order valence-corrected chi connectivity index (χ3v) is 2.91. The van der Waals surface area contributed by atoms with Crippen molar-refractivity contribution < 1.29 is 14.7 Å². The zero-order valence-electron chi connectivity index (χ0n) is 11.9. The number of nitrogens with one attached hydrogen (secondary N) is 2. The lowest BCUT2D eigenvalue weighted by Crippen LogP contribution is -2.46. The molecule has 0 atom stereocenters. The number of carbonyl (C=O) groups excluding carboxylic acids is 1. The average molecular weight is 287 g/mol. The highest BCUT2D eigenvalue weighted by molar-refractivity contribution is 5.93. The molecule has 0 saturated carbocycles. The molecule has 2 aromatic rings. The Bertz CT molecular complexity index is 683. The van der Waals surface area contributed by atoms with Gasteiger partial charge in [0.2, 0.25) is 0 Å². The van der Waals surface area contributed by atoms with Gasteiger partial charge in [-0.05, 0) is 38.1 Å². The number of anilines is 1. The minimum atomic E-state index is -0.961. The number of carboxylic acids is 1. The molecule has 0 spiro atoms. The maximum atomic E-state index is 11.9. The first-order valence-corrected chi connectivity index (χ1v) is 6.51. The van der Waals surface area contributed by atoms with Gasteiger partial charge in [0.1, 0.15) is 0 Å². The number of amides is 2. The normalized spacial score (nSPS) is 11.1. The molecular weight excluding hydrogens is 270 g/mol. The number of nitrogens with zero attached hydrogens (tertiary/aromatic N) is 1. The highest BCUT2D eigenvalue weighted by Gasteiger charge is 2.23. The van der Waals surface area contributed by atoms with Gasteiger partial charge in [0, 0.05) is 22.8 Å². The molecule has 0 aliphatic heterocycles. The van der Waals surface area contributed by atoms with Crippen molar-refractivity contribution in [3.05, 3.63) is 36.5 Å². The number of carboxylic acid groups (broad SMARTS) is 1. The van der Waals surface area contributed by atoms with Crippen LogP contribution in [0.25, 0.3) is 10.9 Å². The zero-order valence-corrected chi connectivity index (χ0v) is 11.9. The Kier molecular flexibility index (Phi) is 4.07. The van der Waals surface area contributed by atoms with E-state index in [1.54, 1.807) is 26.1 Å². The van der Waals surface area contributed by atoms with Crippen LogP contribution in [0.4, 0.5) is 10.5 Å². The number of hydrogen-bond donors (Lipinski definition) is 3. The van der Waals surface area contributed by atoms with E-state index in [1.165, 1.54) is 0 Å². The van der Waals surface area contributed by atoms with E-state index in [1.807, 2.05) is 24.3 Å². The predicted octanol–water partition coefficient (Wildman–Crippen LogP) is 2.61. The zero-order chi connectivity index (χ0) is 15.5. The van der Waals surface area contributed by atoms with Crippen LogP contribution in [0.2, 0.25) is 0 Å². The monoisotopic (exact) mass is 287 g/mol. The molecule has 0 saturated heterocycles. The molecule has 6 heteroatoms. The summed E-state index contributed by atoms with van der Waals surface area (Å²) in [6.45, 7) is 3.32. The fourth-order valence-corrected chi connectivity index (χ4v) is 2.05. The topological polar surface area (TPSA) is 91.3 Å². The van der Waals surface area contributed by atoms with Crippen LogP contribution in [-0.2, 0) is 4.79 Å². The highest BCUT2D eigenvalue weighted by atomic mass is 16.4. The van der Waals surface area contributed by atoms with Gasteiger partial charge in [-0.25, -0.2) is 4.79 Å². The summed E-state index contributed by atoms with van der Waals surface area (Å²) in [6.07, 6.45) is 1.55. The van der Waals surface area contributed by atoms with E-state index < -0.39 is 17.5 Å². The Labute approximate surface area is 122 Å². The van der Waals surface area contributed by atoms with Crippen molar-refractivity contribution >= 4 is 28.6 Å². The molecule has 3 N–H and O–H groups in total. The maximum absolute atomic E-state index is 11.9. The molecule has 0 aliphatic carbocycles. The van der Waals surface area contributed by atoms with Crippen molar-refractivity contribution in [1.29, 1.82) is 0 Å². The van der Waals surface area contributed by atoms with Crippen LogP contribution in [0.15, 0.2) is 36.5 Å². The third-order valence-electron chi connectivity index (χ3n) is 2.91. The van der Waals surface area contributed by atoms with Crippen LogP contribution >= 0.6 is 0 Å². The quantitative estimate of drug-likeness (QED) is 0.806. The number of urea groups is 1. The molecule has 1 aromatic carbocycles. The van der Waals surface area contributed by atoms with E-state index in [0.29, 0.717) is 5.69 Å².